The second kappa shape index (κ2) is 23.8. The van der Waals surface area contributed by atoms with Gasteiger partial charge in [-0.25, -0.2) is 48.7 Å². The molecule has 2 aliphatic rings. The molecule has 0 spiro atoms. The van der Waals surface area contributed by atoms with Crippen LogP contribution in [-0.4, -0.2) is 85.7 Å². The average molecular weight is 1090 g/mol. The second-order valence-electron chi connectivity index (χ2n) is 19.9. The lowest BCUT2D eigenvalue weighted by atomic mass is 9.97. The number of imidazole rings is 2. The van der Waals surface area contributed by atoms with Crippen molar-refractivity contribution >= 4 is 28.6 Å². The maximum absolute atomic E-state index is 14.4. The highest BCUT2D eigenvalue weighted by atomic mass is 19.1. The van der Waals surface area contributed by atoms with E-state index in [1.54, 1.807) is 75.3 Å². The molecule has 8 heterocycles. The summed E-state index contributed by atoms with van der Waals surface area (Å²) in [5.41, 5.74) is 18.9. The third-order valence-electron chi connectivity index (χ3n) is 14.0. The Morgan fingerprint density at radius 1 is 0.605 bits per heavy atom. The van der Waals surface area contributed by atoms with Gasteiger partial charge in [0.25, 0.3) is 0 Å². The summed E-state index contributed by atoms with van der Waals surface area (Å²) in [5, 5.41) is 3.46. The number of carbonyl (C=O) groups excluding carboxylic acids is 1. The van der Waals surface area contributed by atoms with Crippen molar-refractivity contribution in [2.24, 2.45) is 0 Å². The predicted octanol–water partition coefficient (Wildman–Crippen LogP) is 10.4. The smallest absolute Gasteiger partial charge is 0.219 e. The number of ether oxygens (including phenoxy) is 4. The molecule has 10 aromatic rings. The number of likely N-dealkylation sites (tertiary alicyclic amines) is 1. The van der Waals surface area contributed by atoms with Crippen LogP contribution in [-0.2, 0) is 18.0 Å². The lowest BCUT2D eigenvalue weighted by molar-refractivity contribution is -0.130. The average Bonchev–Trinajstić information content (AvgIpc) is 4.31. The van der Waals surface area contributed by atoms with Gasteiger partial charge in [-0.3, -0.25) is 13.6 Å². The van der Waals surface area contributed by atoms with Gasteiger partial charge >= 0.3 is 0 Å². The van der Waals surface area contributed by atoms with E-state index in [9.17, 15) is 13.6 Å². The number of piperidine rings is 2. The van der Waals surface area contributed by atoms with Crippen LogP contribution >= 0.6 is 0 Å². The first kappa shape index (κ1) is 53.4. The second-order valence-corrected chi connectivity index (χ2v) is 19.9. The van der Waals surface area contributed by atoms with Crippen molar-refractivity contribution in [1.82, 2.24) is 58.9 Å². The minimum atomic E-state index is -0.481. The molecule has 19 nitrogen and oxygen atoms in total. The van der Waals surface area contributed by atoms with E-state index in [-0.39, 0.29) is 25.0 Å². The number of benzene rings is 4. The summed E-state index contributed by atoms with van der Waals surface area (Å²) in [6.45, 7) is 8.90. The summed E-state index contributed by atoms with van der Waals surface area (Å²) < 4.78 is 56.1. The van der Waals surface area contributed by atoms with Gasteiger partial charge in [0.15, 0.2) is 0 Å². The van der Waals surface area contributed by atoms with Gasteiger partial charge in [0, 0.05) is 147 Å². The number of nitrogens with two attached hydrogens (primary N) is 2. The first-order chi connectivity index (χ1) is 39.4. The van der Waals surface area contributed by atoms with E-state index in [4.69, 9.17) is 40.4 Å². The van der Waals surface area contributed by atoms with Gasteiger partial charge in [-0.05, 0) is 94.6 Å². The number of amides is 1. The maximum atomic E-state index is 14.4. The van der Waals surface area contributed by atoms with Gasteiger partial charge in [0.2, 0.25) is 5.91 Å². The van der Waals surface area contributed by atoms with Crippen LogP contribution in [0.4, 0.5) is 20.4 Å². The number of fused-ring (bicyclic) bond motifs is 2. The van der Waals surface area contributed by atoms with Crippen molar-refractivity contribution in [3.05, 3.63) is 181 Å². The van der Waals surface area contributed by atoms with Crippen LogP contribution in [0.2, 0.25) is 0 Å². The molecule has 2 saturated heterocycles. The van der Waals surface area contributed by atoms with Crippen molar-refractivity contribution in [3.63, 3.8) is 0 Å². The van der Waals surface area contributed by atoms with Gasteiger partial charge in [0.05, 0.1) is 0 Å². The molecular weight excluding hydrogens is 1030 g/mol. The van der Waals surface area contributed by atoms with Crippen LogP contribution in [0.15, 0.2) is 135 Å². The van der Waals surface area contributed by atoms with Gasteiger partial charge in [-0.1, -0.05) is 0 Å². The third-order valence-corrected chi connectivity index (χ3v) is 14.0. The molecule has 2 aliphatic heterocycles. The zero-order chi connectivity index (χ0) is 56.0. The molecule has 0 bridgehead atoms. The Hall–Kier alpha value is -9.63. The fourth-order valence-electron chi connectivity index (χ4n) is 10.0. The Kier molecular flexibility index (Phi) is 15.7. The number of halogens is 2. The predicted molar refractivity (Wildman–Crippen MR) is 300 cm³/mol. The van der Waals surface area contributed by atoms with E-state index in [1.165, 1.54) is 24.3 Å². The summed E-state index contributed by atoms with van der Waals surface area (Å²) in [5.74, 6) is 5.83. The summed E-state index contributed by atoms with van der Waals surface area (Å²) in [6, 6.07) is 23.3. The molecule has 0 aliphatic carbocycles. The molecule has 4 aromatic carbocycles. The molecule has 21 heteroatoms. The van der Waals surface area contributed by atoms with Gasteiger partial charge < -0.3 is 40.6 Å². The highest BCUT2D eigenvalue weighted by Gasteiger charge is 2.29. The summed E-state index contributed by atoms with van der Waals surface area (Å²) >= 11 is 0. The van der Waals surface area contributed by atoms with Crippen LogP contribution in [0.25, 0.3) is 33.5 Å². The lowest BCUT2D eigenvalue weighted by Crippen LogP contribution is -2.38. The Bertz CT molecular complexity index is 3840. The molecule has 5 N–H and O–H groups in total. The number of nitrogens with zero attached hydrogens (tertiary/aromatic N) is 11. The molecule has 0 radical (unpaired) electrons. The number of anilines is 2. The minimum Gasteiger partial charge on any atom is -0.489 e. The SMILES string of the molecule is CC(=O)N1CCC[C@@H](c2nc(-c3ccc(Oc4cc(F)cc(OCc5cnc(C)nc5)c4)cc3)c3c(N)nccn23)C1.Cc1ncc(COc2cc(F)cc(Oc3ccc(-c4nc([C@@H]5CCCNC5)n5ccnc(N)c45)cc3)c2)cn1. The van der Waals surface area contributed by atoms with Crippen LogP contribution < -0.4 is 35.7 Å². The molecule has 81 heavy (non-hydrogen) atoms. The highest BCUT2D eigenvalue weighted by molar-refractivity contribution is 5.86. The normalized spacial score (nSPS) is 15.2. The molecule has 2 fully saturated rings. The minimum absolute atomic E-state index is 0.0652. The molecule has 2 atom stereocenters. The number of aryl methyl sites for hydroxylation is 2. The Morgan fingerprint density at radius 3 is 1.52 bits per heavy atom. The largest absolute Gasteiger partial charge is 0.489 e. The number of hydrogen-bond donors (Lipinski definition) is 3. The van der Waals surface area contributed by atoms with Crippen LogP contribution in [0.5, 0.6) is 34.5 Å². The summed E-state index contributed by atoms with van der Waals surface area (Å²) in [4.78, 5) is 49.1. The van der Waals surface area contributed by atoms with E-state index in [0.29, 0.717) is 81.5 Å². The molecule has 6 aromatic heterocycles. The zero-order valence-electron chi connectivity index (χ0n) is 44.8. The first-order valence-corrected chi connectivity index (χ1v) is 26.6. The van der Waals surface area contributed by atoms with Crippen LogP contribution in [0.1, 0.15) is 78.9 Å². The van der Waals surface area contributed by atoms with Gasteiger partial charge in [0.1, 0.15) is 117 Å². The van der Waals surface area contributed by atoms with Crippen molar-refractivity contribution < 1.29 is 32.5 Å². The Balaban J connectivity index is 0.000000171. The van der Waals surface area contributed by atoms with Crippen LogP contribution in [0.3, 0.4) is 0 Å². The van der Waals surface area contributed by atoms with E-state index in [0.717, 1.165) is 90.4 Å². The highest BCUT2D eigenvalue weighted by Crippen LogP contribution is 2.37. The molecular formula is C60H58F2N14O5. The molecule has 0 saturated carbocycles. The number of nitrogen functional groups attached to an aromatic ring is 2. The lowest BCUT2D eigenvalue weighted by Gasteiger charge is -2.31. The summed E-state index contributed by atoms with van der Waals surface area (Å²) in [6.07, 6.45) is 17.9. The number of rotatable bonds is 14. The zero-order valence-corrected chi connectivity index (χ0v) is 44.8. The first-order valence-electron chi connectivity index (χ1n) is 26.6. The Morgan fingerprint density at radius 2 is 1.06 bits per heavy atom. The number of aromatic nitrogens is 10. The fourth-order valence-corrected chi connectivity index (χ4v) is 10.0. The van der Waals surface area contributed by atoms with E-state index in [1.807, 2.05) is 65.0 Å². The number of hydrogen-bond acceptors (Lipinski definition) is 16. The summed E-state index contributed by atoms with van der Waals surface area (Å²) in [7, 11) is 0. The van der Waals surface area contributed by atoms with E-state index >= 15 is 0 Å². The van der Waals surface area contributed by atoms with Crippen molar-refractivity contribution in [3.8, 4) is 57.0 Å². The fraction of sp³-hybridized carbons (Fsp3) is 0.250. The standard InChI is InChI=1S/C31H30FN7O3.C29H28FN7O2/c1-19-35-15-21(16-36-19)18-41-26-12-24(32)13-27(14-26)42-25-7-5-22(6-8-25)28-29-30(33)34-9-11-39(29)31(37-28)23-4-3-10-38(17-23)20(2)40;1-18-34-14-19(15-35-18)17-38-24-11-22(30)12-25(13-24)39-23-6-4-20(5-7-23)26-27-28(31)33-9-10-37(27)29(36-26)21-3-2-8-32-16-21/h5-9,11-16,23H,3-4,10,17-18H2,1-2H3,(H2,33,34);4-7,9-15,21,32H,2-3,8,16-17H2,1H3,(H2,31,33)/t23-;21-/m11/s1. The van der Waals surface area contributed by atoms with Crippen LogP contribution in [0, 0.1) is 25.5 Å². The van der Waals surface area contributed by atoms with Gasteiger partial charge in [-0.15, -0.1) is 0 Å². The molecule has 12 rings (SSSR count). The Labute approximate surface area is 465 Å². The van der Waals surface area contributed by atoms with Crippen molar-refractivity contribution in [2.75, 3.05) is 37.6 Å². The monoisotopic (exact) mass is 1090 g/mol. The third kappa shape index (κ3) is 12.5. The topological polar surface area (TPSA) is 233 Å². The van der Waals surface area contributed by atoms with E-state index in [2.05, 4.69) is 39.6 Å². The quantitative estimate of drug-likeness (QED) is 0.0919. The number of carbonyl (C=O) groups is 1. The number of nitrogens with one attached hydrogen (secondary N) is 1. The molecule has 412 valence electrons. The molecule has 0 unspecified atom stereocenters. The van der Waals surface area contributed by atoms with E-state index < -0.39 is 11.6 Å². The van der Waals surface area contributed by atoms with Gasteiger partial charge in [-0.2, -0.15) is 0 Å². The molecule has 1 amide bonds. The maximum Gasteiger partial charge on any atom is 0.219 e. The van der Waals surface area contributed by atoms with Crippen molar-refractivity contribution in [1.29, 1.82) is 0 Å². The van der Waals surface area contributed by atoms with Crippen molar-refractivity contribution in [2.45, 2.75) is 71.5 Å².